The zero-order chi connectivity index (χ0) is 34.2. The van der Waals surface area contributed by atoms with Crippen LogP contribution in [-0.2, 0) is 5.41 Å². The largest absolute Gasteiger partial charge is 0.310 e. The standard InChI is InChI=1S/C49H41NS2/c1-3-13-32(14-4-1)34-23-26-41-47(30-34)51-45-21-11-8-18-39(45)49(41)40-19-9-12-22-46(40)52-48-31-35(24-27-42(48)49)33-25-28-44-38(29-33)37-17-7-10-20-43(37)50(44)36-15-5-2-6-16-36/h1,3-5,7,9-13,15-17,19-22,24-25,27-30,32,35H,2,6,8,14,18,23,26,31H2. The van der Waals surface area contributed by atoms with Gasteiger partial charge in [0, 0.05) is 43.0 Å². The maximum absolute atomic E-state index is 2.61. The number of fused-ring (bicyclic) bond motifs is 8. The summed E-state index contributed by atoms with van der Waals surface area (Å²) in [7, 11) is 0. The van der Waals surface area contributed by atoms with E-state index in [1.54, 1.807) is 27.2 Å². The molecule has 0 saturated heterocycles. The molecule has 3 atom stereocenters. The van der Waals surface area contributed by atoms with Gasteiger partial charge in [-0.05, 0) is 121 Å². The van der Waals surface area contributed by atoms with Crippen molar-refractivity contribution in [3.63, 3.8) is 0 Å². The summed E-state index contributed by atoms with van der Waals surface area (Å²) in [4.78, 5) is 5.98. The Morgan fingerprint density at radius 2 is 1.56 bits per heavy atom. The predicted octanol–water partition coefficient (Wildman–Crippen LogP) is 13.8. The molecule has 0 radical (unpaired) electrons. The fourth-order valence-electron chi connectivity index (χ4n) is 10.1. The number of benzene rings is 3. The summed E-state index contributed by atoms with van der Waals surface area (Å²) in [5.41, 5.74) is 13.1. The smallest absolute Gasteiger partial charge is 0.0668 e. The van der Waals surface area contributed by atoms with Crippen LogP contribution in [0.15, 0.2) is 182 Å². The molecule has 0 N–H and O–H groups in total. The first kappa shape index (κ1) is 31.1. The first-order valence-electron chi connectivity index (χ1n) is 19.2. The molecule has 3 heterocycles. The Balaban J connectivity index is 1.05. The number of hydrogen-bond acceptors (Lipinski definition) is 2. The van der Waals surface area contributed by atoms with Gasteiger partial charge in [0.15, 0.2) is 0 Å². The summed E-state index contributed by atoms with van der Waals surface area (Å²) < 4.78 is 2.47. The Morgan fingerprint density at radius 3 is 2.48 bits per heavy atom. The third kappa shape index (κ3) is 4.64. The number of hydrogen-bond donors (Lipinski definition) is 0. The van der Waals surface area contributed by atoms with E-state index in [9.17, 15) is 0 Å². The van der Waals surface area contributed by atoms with Gasteiger partial charge in [-0.15, -0.1) is 0 Å². The van der Waals surface area contributed by atoms with Gasteiger partial charge in [0.1, 0.15) is 0 Å². The summed E-state index contributed by atoms with van der Waals surface area (Å²) in [6.07, 6.45) is 37.7. The van der Waals surface area contributed by atoms with Crippen molar-refractivity contribution >= 4 is 51.0 Å². The molecule has 52 heavy (non-hydrogen) atoms. The molecule has 1 aromatic heterocycles. The van der Waals surface area contributed by atoms with Gasteiger partial charge in [-0.1, -0.05) is 132 Å². The fourth-order valence-corrected chi connectivity index (χ4v) is 12.8. The molecule has 1 nitrogen and oxygen atoms in total. The Hall–Kier alpha value is -4.44. The second-order valence-corrected chi connectivity index (χ2v) is 17.4. The van der Waals surface area contributed by atoms with Gasteiger partial charge in [-0.2, -0.15) is 0 Å². The van der Waals surface area contributed by atoms with Crippen molar-refractivity contribution in [2.24, 2.45) is 5.92 Å². The molecule has 3 heteroatoms. The molecule has 0 fully saturated rings. The maximum atomic E-state index is 2.61. The minimum atomic E-state index is -0.192. The molecule has 254 valence electrons. The predicted molar refractivity (Wildman–Crippen MR) is 223 cm³/mol. The minimum absolute atomic E-state index is 0.192. The van der Waals surface area contributed by atoms with Crippen LogP contribution in [0.1, 0.15) is 68.4 Å². The van der Waals surface area contributed by atoms with Gasteiger partial charge in [0.05, 0.1) is 16.4 Å². The van der Waals surface area contributed by atoms with E-state index in [1.165, 1.54) is 53.3 Å². The maximum Gasteiger partial charge on any atom is 0.0668 e. The van der Waals surface area contributed by atoms with Gasteiger partial charge >= 0.3 is 0 Å². The lowest BCUT2D eigenvalue weighted by Gasteiger charge is -2.51. The minimum Gasteiger partial charge on any atom is -0.310 e. The third-order valence-electron chi connectivity index (χ3n) is 12.5. The van der Waals surface area contributed by atoms with Crippen molar-refractivity contribution < 1.29 is 0 Å². The van der Waals surface area contributed by atoms with Crippen molar-refractivity contribution in [2.75, 3.05) is 0 Å². The van der Waals surface area contributed by atoms with Crippen molar-refractivity contribution in [2.45, 2.75) is 67.6 Å². The molecule has 2 aliphatic heterocycles. The summed E-state index contributed by atoms with van der Waals surface area (Å²) in [6.45, 7) is 0. The van der Waals surface area contributed by atoms with E-state index in [0.717, 1.165) is 51.4 Å². The quantitative estimate of drug-likeness (QED) is 0.209. The Morgan fingerprint density at radius 1 is 0.673 bits per heavy atom. The van der Waals surface area contributed by atoms with E-state index in [4.69, 9.17) is 0 Å². The monoisotopic (exact) mass is 707 g/mol. The van der Waals surface area contributed by atoms with E-state index >= 15 is 0 Å². The average Bonchev–Trinajstić information content (AvgIpc) is 3.55. The summed E-state index contributed by atoms with van der Waals surface area (Å²) in [5.74, 6) is 0.860. The number of aromatic nitrogens is 1. The first-order chi connectivity index (χ1) is 25.8. The molecule has 7 aliphatic rings. The highest BCUT2D eigenvalue weighted by Crippen LogP contribution is 2.66. The van der Waals surface area contributed by atoms with Crippen LogP contribution in [0.2, 0.25) is 0 Å². The molecular weight excluding hydrogens is 667 g/mol. The van der Waals surface area contributed by atoms with Crippen LogP contribution >= 0.6 is 23.5 Å². The van der Waals surface area contributed by atoms with Gasteiger partial charge in [-0.3, -0.25) is 0 Å². The van der Waals surface area contributed by atoms with Crippen molar-refractivity contribution in [1.29, 1.82) is 0 Å². The molecule has 0 saturated carbocycles. The fraction of sp³-hybridized carbons (Fsp3) is 0.224. The zero-order valence-corrected chi connectivity index (χ0v) is 31.0. The second-order valence-electron chi connectivity index (χ2n) is 15.2. The summed E-state index contributed by atoms with van der Waals surface area (Å²) >= 11 is 4.10. The highest BCUT2D eigenvalue weighted by atomic mass is 32.2. The van der Waals surface area contributed by atoms with Crippen LogP contribution in [0.4, 0.5) is 0 Å². The highest BCUT2D eigenvalue weighted by molar-refractivity contribution is 8.07. The zero-order valence-electron chi connectivity index (χ0n) is 29.4. The SMILES string of the molecule is C1=CCC(C2=CC3=C(CC2)C2(C4=C(CC(c5ccc6c(c5)c5ccccc5n6C5=CCCC=C5)C=C4)Sc4ccccc42)C2=C(C=CCC2)S3)C=C1. The van der Waals surface area contributed by atoms with Crippen LogP contribution in [0.3, 0.4) is 0 Å². The molecule has 1 spiro atoms. The number of nitrogens with zero attached hydrogens (tertiary/aromatic N) is 1. The Kier molecular flexibility index (Phi) is 7.37. The van der Waals surface area contributed by atoms with Crippen molar-refractivity contribution in [3.8, 4) is 0 Å². The molecule has 3 aromatic carbocycles. The molecule has 3 unspecified atom stereocenters. The molecule has 11 rings (SSSR count). The molecule has 0 amide bonds. The summed E-state index contributed by atoms with van der Waals surface area (Å²) in [6, 6.07) is 25.7. The van der Waals surface area contributed by atoms with Crippen LogP contribution in [0, 0.1) is 5.92 Å². The number of thioether (sulfide) groups is 2. The van der Waals surface area contributed by atoms with Gasteiger partial charge in [0.2, 0.25) is 0 Å². The van der Waals surface area contributed by atoms with Crippen LogP contribution in [-0.4, -0.2) is 4.57 Å². The number of allylic oxidation sites excluding steroid dienone is 18. The second kappa shape index (κ2) is 12.3. The first-order valence-corrected chi connectivity index (χ1v) is 20.9. The number of rotatable bonds is 3. The van der Waals surface area contributed by atoms with E-state index in [2.05, 4.69) is 156 Å². The summed E-state index contributed by atoms with van der Waals surface area (Å²) in [5, 5.41) is 2.70. The lowest BCUT2D eigenvalue weighted by Crippen LogP contribution is -2.40. The normalized spacial score (nSPS) is 26.2. The third-order valence-corrected chi connectivity index (χ3v) is 14.9. The molecule has 5 aliphatic carbocycles. The van der Waals surface area contributed by atoms with E-state index < -0.39 is 0 Å². The van der Waals surface area contributed by atoms with Crippen molar-refractivity contribution in [1.82, 2.24) is 4.57 Å². The van der Waals surface area contributed by atoms with E-state index in [1.807, 2.05) is 11.8 Å². The Labute approximate surface area is 315 Å². The molecule has 4 aromatic rings. The lowest BCUT2D eigenvalue weighted by atomic mass is 9.58. The van der Waals surface area contributed by atoms with Gasteiger partial charge < -0.3 is 4.57 Å². The number of para-hydroxylation sites is 1. The van der Waals surface area contributed by atoms with Gasteiger partial charge in [0.25, 0.3) is 0 Å². The van der Waals surface area contributed by atoms with Crippen LogP contribution in [0.5, 0.6) is 0 Å². The van der Waals surface area contributed by atoms with Crippen LogP contribution < -0.4 is 0 Å². The van der Waals surface area contributed by atoms with Crippen LogP contribution in [0.25, 0.3) is 27.5 Å². The van der Waals surface area contributed by atoms with E-state index in [0.29, 0.717) is 11.8 Å². The van der Waals surface area contributed by atoms with Gasteiger partial charge in [-0.25, -0.2) is 0 Å². The molecular formula is C49H41NS2. The average molecular weight is 708 g/mol. The lowest BCUT2D eigenvalue weighted by molar-refractivity contribution is 0.583. The molecule has 0 bridgehead atoms. The van der Waals surface area contributed by atoms with Crippen molar-refractivity contribution in [3.05, 3.63) is 188 Å². The van der Waals surface area contributed by atoms with E-state index in [-0.39, 0.29) is 5.41 Å². The Bertz CT molecular complexity index is 2530. The topological polar surface area (TPSA) is 4.93 Å². The highest BCUT2D eigenvalue weighted by Gasteiger charge is 2.52.